The van der Waals surface area contributed by atoms with E-state index in [0.29, 0.717) is 11.3 Å². The summed E-state index contributed by atoms with van der Waals surface area (Å²) in [5.41, 5.74) is -0.0260. The second kappa shape index (κ2) is 8.24. The van der Waals surface area contributed by atoms with Gasteiger partial charge in [0.25, 0.3) is 0 Å². The minimum absolute atomic E-state index is 0. The Bertz CT molecular complexity index is 590. The van der Waals surface area contributed by atoms with Gasteiger partial charge in [-0.15, -0.1) is 0 Å². The van der Waals surface area contributed by atoms with Crippen LogP contribution in [0.15, 0.2) is 48.5 Å². The Kier molecular flexibility index (Phi) is 7.29. The molecule has 2 aromatic carbocycles. The predicted octanol–water partition coefficient (Wildman–Crippen LogP) is 0.333. The van der Waals surface area contributed by atoms with E-state index in [4.69, 9.17) is 9.47 Å². The molecule has 2 nitrogen and oxygen atoms in total. The Labute approximate surface area is 164 Å². The molecule has 0 saturated heterocycles. The van der Waals surface area contributed by atoms with Crippen LogP contribution in [0, 0.1) is 0 Å². The van der Waals surface area contributed by atoms with Crippen LogP contribution in [0.5, 0.6) is 11.5 Å². The second-order valence-corrected chi connectivity index (χ2v) is 4.21. The van der Waals surface area contributed by atoms with Crippen LogP contribution in [-0.4, -0.2) is 14.1 Å². The van der Waals surface area contributed by atoms with Crippen LogP contribution in [-0.2, 0) is 6.61 Å². The molecule has 0 heterocycles. The fourth-order valence-corrected chi connectivity index (χ4v) is 1.86. The predicted molar refractivity (Wildman–Crippen MR) is 72.5 cm³/mol. The van der Waals surface area contributed by atoms with Crippen molar-refractivity contribution in [1.29, 1.82) is 0 Å². The molecule has 2 aromatic rings. The summed E-state index contributed by atoms with van der Waals surface area (Å²) >= 11 is 0. The van der Waals surface area contributed by atoms with Crippen LogP contribution < -0.4 is 66.3 Å². The summed E-state index contributed by atoms with van der Waals surface area (Å²) in [4.78, 5) is 0. The molecular formula is C14H13BF3KO2. The first kappa shape index (κ1) is 18.6. The zero-order valence-corrected chi connectivity index (χ0v) is 15.0. The van der Waals surface area contributed by atoms with Crippen molar-refractivity contribution in [1.82, 2.24) is 0 Å². The van der Waals surface area contributed by atoms with Crippen LogP contribution in [0.1, 0.15) is 5.56 Å². The fourth-order valence-electron chi connectivity index (χ4n) is 1.86. The Morgan fingerprint density at radius 3 is 2.10 bits per heavy atom. The SMILES string of the molecule is COc1ccccc1COc1ccccc1[B-](F)(F)F.[K+]. The number of ether oxygens (including phenoxy) is 2. The molecule has 0 N–H and O–H groups in total. The Morgan fingerprint density at radius 1 is 0.905 bits per heavy atom. The van der Waals surface area contributed by atoms with Crippen LogP contribution in [0.25, 0.3) is 0 Å². The average molecular weight is 320 g/mol. The summed E-state index contributed by atoms with van der Waals surface area (Å²) < 4.78 is 49.1. The van der Waals surface area contributed by atoms with Gasteiger partial charge in [-0.2, -0.15) is 0 Å². The van der Waals surface area contributed by atoms with Crippen LogP contribution in [0.2, 0.25) is 0 Å². The number of halogens is 3. The molecule has 106 valence electrons. The maximum atomic E-state index is 12.9. The third kappa shape index (κ3) is 5.03. The largest absolute Gasteiger partial charge is 1.00 e. The fraction of sp³-hybridized carbons (Fsp3) is 0.143. The maximum Gasteiger partial charge on any atom is 1.00 e. The first-order valence-electron chi connectivity index (χ1n) is 6.06. The summed E-state index contributed by atoms with van der Waals surface area (Å²) in [6, 6.07) is 12.3. The smallest absolute Gasteiger partial charge is 0.496 e. The van der Waals surface area contributed by atoms with Crippen molar-refractivity contribution in [3.05, 3.63) is 54.1 Å². The van der Waals surface area contributed by atoms with E-state index in [0.717, 1.165) is 6.07 Å². The zero-order valence-electron chi connectivity index (χ0n) is 11.9. The molecule has 0 atom stereocenters. The van der Waals surface area contributed by atoms with Gasteiger partial charge in [0.05, 0.1) is 12.9 Å². The molecule has 0 aliphatic rings. The molecule has 7 heteroatoms. The molecule has 0 aliphatic heterocycles. The summed E-state index contributed by atoms with van der Waals surface area (Å²) in [5, 5.41) is 0. The molecule has 0 saturated carbocycles. The number of rotatable bonds is 5. The summed E-state index contributed by atoms with van der Waals surface area (Å²) in [6.07, 6.45) is 0. The van der Waals surface area contributed by atoms with Crippen molar-refractivity contribution in [2.45, 2.75) is 6.61 Å². The van der Waals surface area contributed by atoms with E-state index in [2.05, 4.69) is 0 Å². The molecule has 0 aromatic heterocycles. The topological polar surface area (TPSA) is 18.5 Å². The number of hydrogen-bond donors (Lipinski definition) is 0. The van der Waals surface area contributed by atoms with Gasteiger partial charge in [-0.1, -0.05) is 41.9 Å². The Balaban J connectivity index is 0.00000220. The number of hydrogen-bond acceptors (Lipinski definition) is 2. The quantitative estimate of drug-likeness (QED) is 0.740. The van der Waals surface area contributed by atoms with Crippen LogP contribution in [0.3, 0.4) is 0 Å². The molecule has 0 spiro atoms. The number of methoxy groups -OCH3 is 1. The van der Waals surface area contributed by atoms with E-state index in [1.165, 1.54) is 25.3 Å². The van der Waals surface area contributed by atoms with Gasteiger partial charge in [-0.25, -0.2) is 0 Å². The van der Waals surface area contributed by atoms with Crippen molar-refractivity contribution in [2.24, 2.45) is 0 Å². The van der Waals surface area contributed by atoms with Gasteiger partial charge in [0, 0.05) is 5.56 Å². The summed E-state index contributed by atoms with van der Waals surface area (Å²) in [6.45, 7) is -5.07. The van der Waals surface area contributed by atoms with E-state index >= 15 is 0 Å². The minimum atomic E-state index is -5.09. The second-order valence-electron chi connectivity index (χ2n) is 4.21. The van der Waals surface area contributed by atoms with E-state index < -0.39 is 12.4 Å². The summed E-state index contributed by atoms with van der Waals surface area (Å²) in [5.74, 6) is 0.424. The van der Waals surface area contributed by atoms with Gasteiger partial charge in [0.2, 0.25) is 0 Å². The van der Waals surface area contributed by atoms with E-state index in [1.54, 1.807) is 24.3 Å². The Morgan fingerprint density at radius 2 is 1.48 bits per heavy atom. The molecule has 0 bridgehead atoms. The van der Waals surface area contributed by atoms with Crippen molar-refractivity contribution in [3.8, 4) is 11.5 Å². The van der Waals surface area contributed by atoms with Gasteiger partial charge < -0.3 is 22.4 Å². The van der Waals surface area contributed by atoms with Gasteiger partial charge in [0.15, 0.2) is 0 Å². The molecule has 0 unspecified atom stereocenters. The van der Waals surface area contributed by atoms with Crippen molar-refractivity contribution < 1.29 is 73.8 Å². The minimum Gasteiger partial charge on any atom is -0.496 e. The summed E-state index contributed by atoms with van der Waals surface area (Å²) in [7, 11) is 1.51. The molecule has 21 heavy (non-hydrogen) atoms. The van der Waals surface area contributed by atoms with Crippen molar-refractivity contribution >= 4 is 12.4 Å². The van der Waals surface area contributed by atoms with Crippen molar-refractivity contribution in [3.63, 3.8) is 0 Å². The number of para-hydroxylation sites is 2. The molecular weight excluding hydrogens is 307 g/mol. The van der Waals surface area contributed by atoms with Crippen LogP contribution >= 0.6 is 0 Å². The average Bonchev–Trinajstić information content (AvgIpc) is 2.44. The third-order valence-electron chi connectivity index (χ3n) is 2.85. The van der Waals surface area contributed by atoms with Crippen molar-refractivity contribution in [2.75, 3.05) is 7.11 Å². The molecule has 0 fully saturated rings. The zero-order chi connectivity index (χ0) is 14.6. The monoisotopic (exact) mass is 320 g/mol. The van der Waals surface area contributed by atoms with E-state index in [1.807, 2.05) is 0 Å². The molecule has 0 amide bonds. The van der Waals surface area contributed by atoms with E-state index in [-0.39, 0.29) is 63.7 Å². The maximum absolute atomic E-state index is 12.9. The van der Waals surface area contributed by atoms with Gasteiger partial charge in [-0.05, 0) is 12.1 Å². The van der Waals surface area contributed by atoms with E-state index in [9.17, 15) is 12.9 Å². The molecule has 2 rings (SSSR count). The van der Waals surface area contributed by atoms with Gasteiger partial charge in [-0.3, -0.25) is 0 Å². The first-order chi connectivity index (χ1) is 9.52. The molecule has 0 aliphatic carbocycles. The Hall–Kier alpha value is -0.469. The normalized spacial score (nSPS) is 10.7. The van der Waals surface area contributed by atoms with Gasteiger partial charge >= 0.3 is 58.4 Å². The van der Waals surface area contributed by atoms with Gasteiger partial charge in [0.1, 0.15) is 12.4 Å². The number of benzene rings is 2. The standard InChI is InChI=1S/C14H13BF3O2.K/c1-19-13-8-4-2-6-11(13)10-20-14-9-5-3-7-12(14)15(16,17)18;/h2-9H,10H2,1H3;/q-1;+1. The molecule has 0 radical (unpaired) electrons. The first-order valence-corrected chi connectivity index (χ1v) is 6.06. The third-order valence-corrected chi connectivity index (χ3v) is 2.85. The van der Waals surface area contributed by atoms with Crippen LogP contribution in [0.4, 0.5) is 12.9 Å².